The molecule has 0 saturated heterocycles. The van der Waals surface area contributed by atoms with Crippen LogP contribution in [-0.2, 0) is 13.1 Å². The third-order valence-electron chi connectivity index (χ3n) is 5.09. The Kier molecular flexibility index (Phi) is 3.68. The molecule has 1 unspecified atom stereocenters. The van der Waals surface area contributed by atoms with Gasteiger partial charge < -0.3 is 14.0 Å². The number of benzene rings is 1. The summed E-state index contributed by atoms with van der Waals surface area (Å²) in [5.74, 6) is 0.140. The SMILES string of the molecule is CCCn1cc(C(=O)N2CCn3cccc3C2C)c2ccccc21. The monoisotopic (exact) mass is 321 g/mol. The molecule has 2 aromatic heterocycles. The maximum Gasteiger partial charge on any atom is 0.256 e. The predicted molar refractivity (Wildman–Crippen MR) is 96.1 cm³/mol. The molecule has 0 N–H and O–H groups in total. The zero-order valence-electron chi connectivity index (χ0n) is 14.3. The van der Waals surface area contributed by atoms with Gasteiger partial charge in [-0.2, -0.15) is 0 Å². The summed E-state index contributed by atoms with van der Waals surface area (Å²) in [6.07, 6.45) is 5.19. The van der Waals surface area contributed by atoms with Crippen molar-refractivity contribution in [1.29, 1.82) is 0 Å². The number of carbonyl (C=O) groups is 1. The Morgan fingerprint density at radius 2 is 2.00 bits per heavy atom. The van der Waals surface area contributed by atoms with Gasteiger partial charge in [0.15, 0.2) is 0 Å². The topological polar surface area (TPSA) is 30.2 Å². The highest BCUT2D eigenvalue weighted by atomic mass is 16.2. The van der Waals surface area contributed by atoms with Crippen LogP contribution >= 0.6 is 0 Å². The average Bonchev–Trinajstić information content (AvgIpc) is 3.21. The number of aryl methyl sites for hydroxylation is 1. The first-order valence-electron chi connectivity index (χ1n) is 8.74. The molecule has 24 heavy (non-hydrogen) atoms. The lowest BCUT2D eigenvalue weighted by Crippen LogP contribution is -2.40. The molecule has 0 saturated carbocycles. The summed E-state index contributed by atoms with van der Waals surface area (Å²) in [6.45, 7) is 6.85. The molecule has 124 valence electrons. The van der Waals surface area contributed by atoms with Crippen LogP contribution in [-0.4, -0.2) is 26.5 Å². The Hall–Kier alpha value is -2.49. The van der Waals surface area contributed by atoms with Gasteiger partial charge in [0.1, 0.15) is 0 Å². The molecule has 1 aromatic carbocycles. The van der Waals surface area contributed by atoms with Crippen molar-refractivity contribution in [3.63, 3.8) is 0 Å². The second-order valence-electron chi connectivity index (χ2n) is 6.55. The van der Waals surface area contributed by atoms with E-state index in [9.17, 15) is 4.79 Å². The van der Waals surface area contributed by atoms with Crippen molar-refractivity contribution in [2.45, 2.75) is 39.4 Å². The Balaban J connectivity index is 1.74. The zero-order valence-corrected chi connectivity index (χ0v) is 14.3. The quantitative estimate of drug-likeness (QED) is 0.715. The maximum absolute atomic E-state index is 13.3. The first-order valence-corrected chi connectivity index (χ1v) is 8.74. The molecule has 4 nitrogen and oxygen atoms in total. The lowest BCUT2D eigenvalue weighted by molar-refractivity contribution is 0.0646. The van der Waals surface area contributed by atoms with Crippen LogP contribution in [0.25, 0.3) is 10.9 Å². The van der Waals surface area contributed by atoms with Crippen LogP contribution in [0.5, 0.6) is 0 Å². The molecule has 0 radical (unpaired) electrons. The van der Waals surface area contributed by atoms with Gasteiger partial charge in [-0.1, -0.05) is 25.1 Å². The minimum atomic E-state index is 0.106. The summed E-state index contributed by atoms with van der Waals surface area (Å²) >= 11 is 0. The second kappa shape index (κ2) is 5.86. The van der Waals surface area contributed by atoms with E-state index in [1.54, 1.807) is 0 Å². The predicted octanol–water partition coefficient (Wildman–Crippen LogP) is 4.07. The van der Waals surface area contributed by atoms with Crippen molar-refractivity contribution in [2.24, 2.45) is 0 Å². The summed E-state index contributed by atoms with van der Waals surface area (Å²) in [5.41, 5.74) is 3.19. The number of para-hydroxylation sites is 1. The van der Waals surface area contributed by atoms with Gasteiger partial charge in [-0.3, -0.25) is 4.79 Å². The normalized spacial score (nSPS) is 17.2. The Morgan fingerprint density at radius 1 is 1.17 bits per heavy atom. The van der Waals surface area contributed by atoms with Gasteiger partial charge in [0.05, 0.1) is 11.6 Å². The molecular weight excluding hydrogens is 298 g/mol. The molecule has 0 bridgehead atoms. The Morgan fingerprint density at radius 3 is 2.83 bits per heavy atom. The number of rotatable bonds is 3. The van der Waals surface area contributed by atoms with Crippen molar-refractivity contribution >= 4 is 16.8 Å². The minimum Gasteiger partial charge on any atom is -0.348 e. The molecule has 1 amide bonds. The fourth-order valence-electron chi connectivity index (χ4n) is 3.85. The van der Waals surface area contributed by atoms with E-state index in [0.29, 0.717) is 0 Å². The van der Waals surface area contributed by atoms with E-state index in [2.05, 4.69) is 53.4 Å². The smallest absolute Gasteiger partial charge is 0.256 e. The van der Waals surface area contributed by atoms with E-state index in [0.717, 1.165) is 42.5 Å². The van der Waals surface area contributed by atoms with Crippen molar-refractivity contribution in [3.8, 4) is 0 Å². The molecule has 3 aromatic rings. The fraction of sp³-hybridized carbons (Fsp3) is 0.350. The Bertz CT molecular complexity index is 889. The summed E-state index contributed by atoms with van der Waals surface area (Å²) in [6, 6.07) is 12.5. The molecule has 1 aliphatic heterocycles. The summed E-state index contributed by atoms with van der Waals surface area (Å²) in [5, 5.41) is 1.06. The third-order valence-corrected chi connectivity index (χ3v) is 5.09. The van der Waals surface area contributed by atoms with Crippen LogP contribution in [0.15, 0.2) is 48.8 Å². The van der Waals surface area contributed by atoms with Gasteiger partial charge in [0.25, 0.3) is 5.91 Å². The first kappa shape index (κ1) is 15.1. The summed E-state index contributed by atoms with van der Waals surface area (Å²) in [4.78, 5) is 15.3. The highest BCUT2D eigenvalue weighted by molar-refractivity contribution is 6.07. The lowest BCUT2D eigenvalue weighted by Gasteiger charge is -2.34. The number of nitrogens with zero attached hydrogens (tertiary/aromatic N) is 3. The van der Waals surface area contributed by atoms with Crippen LogP contribution in [0.1, 0.15) is 42.4 Å². The number of fused-ring (bicyclic) bond motifs is 2. The summed E-state index contributed by atoms with van der Waals surface area (Å²) < 4.78 is 4.45. The molecule has 1 aliphatic rings. The first-order chi connectivity index (χ1) is 11.7. The molecule has 1 atom stereocenters. The van der Waals surface area contributed by atoms with Gasteiger partial charge in [0.2, 0.25) is 0 Å². The molecule has 0 aliphatic carbocycles. The number of amides is 1. The average molecular weight is 321 g/mol. The second-order valence-corrected chi connectivity index (χ2v) is 6.55. The van der Waals surface area contributed by atoms with Crippen molar-refractivity contribution in [2.75, 3.05) is 6.54 Å². The van der Waals surface area contributed by atoms with E-state index in [1.807, 2.05) is 23.2 Å². The van der Waals surface area contributed by atoms with Crippen LogP contribution < -0.4 is 0 Å². The van der Waals surface area contributed by atoms with Crippen molar-refractivity contribution in [3.05, 3.63) is 60.0 Å². The number of carbonyl (C=O) groups excluding carboxylic acids is 1. The minimum absolute atomic E-state index is 0.106. The highest BCUT2D eigenvalue weighted by Crippen LogP contribution is 2.30. The van der Waals surface area contributed by atoms with E-state index >= 15 is 0 Å². The molecule has 0 spiro atoms. The Labute approximate surface area is 142 Å². The molecule has 0 fully saturated rings. The third kappa shape index (κ3) is 2.25. The van der Waals surface area contributed by atoms with Gasteiger partial charge in [-0.15, -0.1) is 0 Å². The van der Waals surface area contributed by atoms with Gasteiger partial charge >= 0.3 is 0 Å². The standard InChI is InChI=1S/C20H23N3O/c1-3-10-22-14-17(16-7-4-5-8-19(16)22)20(24)23-13-12-21-11-6-9-18(21)15(23)2/h4-9,11,14-15H,3,10,12-13H2,1-2H3. The zero-order chi connectivity index (χ0) is 16.7. The molecule has 4 heteroatoms. The lowest BCUT2D eigenvalue weighted by atomic mass is 10.1. The highest BCUT2D eigenvalue weighted by Gasteiger charge is 2.29. The number of aromatic nitrogens is 2. The fourth-order valence-corrected chi connectivity index (χ4v) is 3.85. The van der Waals surface area contributed by atoms with Gasteiger partial charge in [-0.05, 0) is 31.5 Å². The van der Waals surface area contributed by atoms with Gasteiger partial charge in [0, 0.05) is 48.6 Å². The van der Waals surface area contributed by atoms with E-state index in [-0.39, 0.29) is 11.9 Å². The maximum atomic E-state index is 13.3. The van der Waals surface area contributed by atoms with Gasteiger partial charge in [-0.25, -0.2) is 0 Å². The van der Waals surface area contributed by atoms with Crippen LogP contribution in [0.2, 0.25) is 0 Å². The van der Waals surface area contributed by atoms with Crippen molar-refractivity contribution in [1.82, 2.24) is 14.0 Å². The van der Waals surface area contributed by atoms with E-state index < -0.39 is 0 Å². The van der Waals surface area contributed by atoms with E-state index in [1.165, 1.54) is 5.69 Å². The molecule has 4 rings (SSSR count). The number of hydrogen-bond acceptors (Lipinski definition) is 1. The van der Waals surface area contributed by atoms with Crippen LogP contribution in [0.3, 0.4) is 0 Å². The van der Waals surface area contributed by atoms with Crippen molar-refractivity contribution < 1.29 is 4.79 Å². The van der Waals surface area contributed by atoms with E-state index in [4.69, 9.17) is 0 Å². The molecule has 3 heterocycles. The summed E-state index contributed by atoms with van der Waals surface area (Å²) in [7, 11) is 0. The van der Waals surface area contributed by atoms with Crippen LogP contribution in [0, 0.1) is 0 Å². The number of hydrogen-bond donors (Lipinski definition) is 0. The largest absolute Gasteiger partial charge is 0.348 e. The van der Waals surface area contributed by atoms with Crippen LogP contribution in [0.4, 0.5) is 0 Å². The molecular formula is C20H23N3O.